The molecule has 0 atom stereocenters. The fourth-order valence-corrected chi connectivity index (χ4v) is 4.61. The molecule has 28 heavy (non-hydrogen) atoms. The van der Waals surface area contributed by atoms with Crippen molar-refractivity contribution in [2.45, 2.75) is 6.54 Å². The minimum atomic E-state index is 0.154. The van der Waals surface area contributed by atoms with Crippen molar-refractivity contribution in [1.82, 2.24) is 19.8 Å². The van der Waals surface area contributed by atoms with E-state index in [1.165, 1.54) is 11.2 Å². The molecule has 0 radical (unpaired) electrons. The van der Waals surface area contributed by atoms with Crippen LogP contribution in [0.4, 0.5) is 5.82 Å². The van der Waals surface area contributed by atoms with Gasteiger partial charge in [0, 0.05) is 36.4 Å². The molecule has 2 N–H and O–H groups in total. The molecule has 1 fully saturated rings. The summed E-state index contributed by atoms with van der Waals surface area (Å²) in [4.78, 5) is 26.1. The molecule has 4 rings (SSSR count). The average Bonchev–Trinajstić information content (AvgIpc) is 3.09. The van der Waals surface area contributed by atoms with Crippen LogP contribution >= 0.6 is 27.3 Å². The van der Waals surface area contributed by atoms with Crippen molar-refractivity contribution in [3.63, 3.8) is 0 Å². The van der Waals surface area contributed by atoms with Crippen molar-refractivity contribution in [2.24, 2.45) is 0 Å². The van der Waals surface area contributed by atoms with Crippen molar-refractivity contribution in [2.75, 3.05) is 31.9 Å². The maximum atomic E-state index is 12.6. The van der Waals surface area contributed by atoms with Crippen LogP contribution in [0.1, 0.15) is 10.4 Å². The Balaban J connectivity index is 1.34. The lowest BCUT2D eigenvalue weighted by Crippen LogP contribution is -2.49. The van der Waals surface area contributed by atoms with Crippen LogP contribution in [-0.4, -0.2) is 51.9 Å². The largest absolute Gasteiger partial charge is 0.383 e. The van der Waals surface area contributed by atoms with E-state index in [2.05, 4.69) is 49.0 Å². The quantitative estimate of drug-likeness (QED) is 0.635. The maximum Gasteiger partial charge on any atom is 0.237 e. The molecular weight excluding hydrogens is 438 g/mol. The summed E-state index contributed by atoms with van der Waals surface area (Å²) in [6.45, 7) is 3.40. The molecule has 1 saturated heterocycles. The van der Waals surface area contributed by atoms with Gasteiger partial charge in [-0.25, -0.2) is 9.97 Å². The molecule has 0 unspecified atom stereocenters. The highest BCUT2D eigenvalue weighted by Crippen LogP contribution is 2.23. The summed E-state index contributed by atoms with van der Waals surface area (Å²) in [5, 5.41) is 0.840. The van der Waals surface area contributed by atoms with Gasteiger partial charge >= 0.3 is 0 Å². The van der Waals surface area contributed by atoms with Crippen molar-refractivity contribution in [3.05, 3.63) is 57.0 Å². The number of anilines is 1. The molecule has 144 valence electrons. The van der Waals surface area contributed by atoms with Crippen LogP contribution in [0.2, 0.25) is 0 Å². The normalized spacial score (nSPS) is 15.8. The van der Waals surface area contributed by atoms with Gasteiger partial charge in [-0.3, -0.25) is 9.69 Å². The van der Waals surface area contributed by atoms with Gasteiger partial charge in [0.2, 0.25) is 5.91 Å². The second-order valence-electron chi connectivity index (χ2n) is 6.71. The van der Waals surface area contributed by atoms with Gasteiger partial charge < -0.3 is 10.6 Å². The summed E-state index contributed by atoms with van der Waals surface area (Å²) in [5.41, 5.74) is 7.74. The number of halogens is 1. The summed E-state index contributed by atoms with van der Waals surface area (Å²) < 4.78 is 1.12. The highest BCUT2D eigenvalue weighted by Gasteiger charge is 2.23. The monoisotopic (exact) mass is 457 g/mol. The molecular formula is C20H20BrN5OS. The second-order valence-corrected chi connectivity index (χ2v) is 9.20. The lowest BCUT2D eigenvalue weighted by molar-refractivity contribution is -0.136. The zero-order valence-electron chi connectivity index (χ0n) is 15.2. The van der Waals surface area contributed by atoms with E-state index in [0.717, 1.165) is 39.9 Å². The predicted octanol–water partition coefficient (Wildman–Crippen LogP) is 3.39. The Bertz CT molecular complexity index is 1030. The summed E-state index contributed by atoms with van der Waals surface area (Å²) in [6, 6.07) is 10.0. The first kappa shape index (κ1) is 19.0. The molecule has 0 aliphatic carbocycles. The smallest absolute Gasteiger partial charge is 0.237 e. The molecule has 0 saturated carbocycles. The molecule has 0 spiro atoms. The zero-order valence-corrected chi connectivity index (χ0v) is 17.6. The van der Waals surface area contributed by atoms with Crippen molar-refractivity contribution < 1.29 is 4.79 Å². The first-order valence-electron chi connectivity index (χ1n) is 8.99. The first-order valence-corrected chi connectivity index (χ1v) is 10.6. The molecule has 2 aromatic heterocycles. The van der Waals surface area contributed by atoms with Crippen LogP contribution in [-0.2, 0) is 11.3 Å². The van der Waals surface area contributed by atoms with E-state index in [1.54, 1.807) is 11.3 Å². The fraction of sp³-hybridized carbons (Fsp3) is 0.250. The Kier molecular flexibility index (Phi) is 5.70. The number of amides is 1. The number of nitrogen functional groups attached to an aromatic ring is 1. The third kappa shape index (κ3) is 4.40. The Morgan fingerprint density at radius 3 is 2.89 bits per heavy atom. The van der Waals surface area contributed by atoms with Gasteiger partial charge in [-0.05, 0) is 51.8 Å². The number of fused-ring (bicyclic) bond motifs is 1. The number of hydrogen-bond donors (Lipinski definition) is 1. The topological polar surface area (TPSA) is 75.3 Å². The molecule has 3 aromatic rings. The van der Waals surface area contributed by atoms with Crippen LogP contribution in [0.5, 0.6) is 0 Å². The van der Waals surface area contributed by atoms with E-state index in [9.17, 15) is 4.79 Å². The summed E-state index contributed by atoms with van der Waals surface area (Å²) in [7, 11) is 0. The first-order chi connectivity index (χ1) is 13.6. The number of aromatic nitrogens is 2. The van der Waals surface area contributed by atoms with E-state index in [-0.39, 0.29) is 5.91 Å². The summed E-state index contributed by atoms with van der Waals surface area (Å²) in [5.74, 6) is 0.630. The van der Waals surface area contributed by atoms with Crippen molar-refractivity contribution >= 4 is 56.0 Å². The maximum absolute atomic E-state index is 12.6. The molecule has 1 aliphatic heterocycles. The van der Waals surface area contributed by atoms with Gasteiger partial charge in [-0.15, -0.1) is 11.3 Å². The Labute approximate surface area is 175 Å². The number of benzene rings is 1. The Hall–Kier alpha value is -2.29. The molecule has 1 amide bonds. The van der Waals surface area contributed by atoms with Crippen LogP contribution < -0.4 is 5.73 Å². The number of nitrogens with zero attached hydrogens (tertiary/aromatic N) is 4. The van der Waals surface area contributed by atoms with Crippen LogP contribution in [0.15, 0.2) is 46.5 Å². The summed E-state index contributed by atoms with van der Waals surface area (Å²) in [6.07, 6.45) is 5.69. The van der Waals surface area contributed by atoms with Crippen LogP contribution in [0, 0.1) is 0 Å². The number of rotatable bonds is 5. The molecule has 1 aliphatic rings. The number of thiophene rings is 1. The third-order valence-electron chi connectivity index (χ3n) is 4.74. The zero-order chi connectivity index (χ0) is 19.5. The van der Waals surface area contributed by atoms with Crippen molar-refractivity contribution in [1.29, 1.82) is 0 Å². The fourth-order valence-electron chi connectivity index (χ4n) is 3.26. The number of carbonyl (C=O) groups excluding carboxylic acids is 1. The molecule has 0 bridgehead atoms. The molecule has 8 heteroatoms. The molecule has 3 heterocycles. The number of nitrogens with two attached hydrogens (primary N) is 1. The van der Waals surface area contributed by atoms with E-state index in [1.807, 2.05) is 29.2 Å². The van der Waals surface area contributed by atoms with Crippen molar-refractivity contribution in [3.8, 4) is 0 Å². The standard InChI is InChI=1S/C20H20BrN5OS/c21-18-6-4-15(28-18)2-1-7-25-8-9-26(19(27)12-25)11-14-3-5-16-17(10-14)23-13-24-20(16)22/h1-6,10,13H,7-9,11-12H2,(H2,22,23,24)/b2-1+. The van der Waals surface area contributed by atoms with Gasteiger partial charge in [0.15, 0.2) is 0 Å². The molecule has 1 aromatic carbocycles. The Morgan fingerprint density at radius 1 is 1.21 bits per heavy atom. The number of carbonyl (C=O) groups is 1. The lowest BCUT2D eigenvalue weighted by atomic mass is 10.1. The SMILES string of the molecule is Nc1ncnc2cc(CN3CCN(C/C=C/c4ccc(Br)s4)CC3=O)ccc12. The van der Waals surface area contributed by atoms with Crippen LogP contribution in [0.3, 0.4) is 0 Å². The number of piperazine rings is 1. The van der Waals surface area contributed by atoms with Gasteiger partial charge in [0.25, 0.3) is 0 Å². The average molecular weight is 458 g/mol. The highest BCUT2D eigenvalue weighted by atomic mass is 79.9. The van der Waals surface area contributed by atoms with Gasteiger partial charge in [-0.2, -0.15) is 0 Å². The predicted molar refractivity (Wildman–Crippen MR) is 117 cm³/mol. The van der Waals surface area contributed by atoms with E-state index in [4.69, 9.17) is 5.73 Å². The van der Waals surface area contributed by atoms with Gasteiger partial charge in [-0.1, -0.05) is 12.1 Å². The minimum absolute atomic E-state index is 0.154. The van der Waals surface area contributed by atoms with Gasteiger partial charge in [0.05, 0.1) is 15.8 Å². The van der Waals surface area contributed by atoms with E-state index >= 15 is 0 Å². The molecule has 6 nitrogen and oxygen atoms in total. The Morgan fingerprint density at radius 2 is 2.11 bits per heavy atom. The van der Waals surface area contributed by atoms with E-state index in [0.29, 0.717) is 18.9 Å². The van der Waals surface area contributed by atoms with Crippen LogP contribution in [0.25, 0.3) is 17.0 Å². The summed E-state index contributed by atoms with van der Waals surface area (Å²) >= 11 is 5.17. The minimum Gasteiger partial charge on any atom is -0.383 e. The number of hydrogen-bond acceptors (Lipinski definition) is 6. The third-order valence-corrected chi connectivity index (χ3v) is 6.33. The lowest BCUT2D eigenvalue weighted by Gasteiger charge is -2.33. The van der Waals surface area contributed by atoms with E-state index < -0.39 is 0 Å². The van der Waals surface area contributed by atoms with Gasteiger partial charge in [0.1, 0.15) is 12.1 Å². The second kappa shape index (κ2) is 8.38. The highest BCUT2D eigenvalue weighted by molar-refractivity contribution is 9.11.